The topological polar surface area (TPSA) is 73.9 Å². The maximum absolute atomic E-state index is 12.8. The Morgan fingerprint density at radius 1 is 1.16 bits per heavy atom. The second-order valence-corrected chi connectivity index (χ2v) is 10.8. The molecule has 1 unspecified atom stereocenters. The molecule has 4 rings (SSSR count). The van der Waals surface area contributed by atoms with Gasteiger partial charge in [0.05, 0.1) is 20.1 Å². The van der Waals surface area contributed by atoms with E-state index in [1.54, 1.807) is 13.2 Å². The van der Waals surface area contributed by atoms with E-state index < -0.39 is 11.7 Å². The molecular weight excluding hydrogens is 468 g/mol. The summed E-state index contributed by atoms with van der Waals surface area (Å²) in [6.45, 7) is 8.26. The van der Waals surface area contributed by atoms with Crippen molar-refractivity contribution in [3.63, 3.8) is 0 Å². The van der Waals surface area contributed by atoms with Crippen molar-refractivity contribution in [2.45, 2.75) is 56.3 Å². The minimum absolute atomic E-state index is 0.0693. The van der Waals surface area contributed by atoms with E-state index in [2.05, 4.69) is 25.0 Å². The smallest absolute Gasteiger partial charge is 0.407 e. The van der Waals surface area contributed by atoms with Gasteiger partial charge in [0.15, 0.2) is 0 Å². The van der Waals surface area contributed by atoms with Crippen LogP contribution in [0.2, 0.25) is 0 Å². The molecule has 2 aromatic rings. The summed E-state index contributed by atoms with van der Waals surface area (Å²) in [6.07, 6.45) is 4.72. The number of benzene rings is 2. The zero-order valence-electron chi connectivity index (χ0n) is 22.2. The average molecular weight is 508 g/mol. The Morgan fingerprint density at radius 3 is 2.65 bits per heavy atom. The second-order valence-electron chi connectivity index (χ2n) is 10.8. The number of carbonyl (C=O) groups is 2. The molecule has 1 N–H and O–H groups in total. The standard InChI is InChI=1S/C30H38N2O5/c1-5-17-32(3)18-16-29(25-12-9-13-27(19-25)37-23(2)33)20-26(14-15-30(29,22-32)35-4)31-28(34)36-21-24-10-7-6-8-11-24/h5-13,19,26H,1,14-18,20-22H2,2-4H3/p+1/t26-,29+,30?,32+/m1/s1. The van der Waals surface area contributed by atoms with E-state index in [0.717, 1.165) is 54.5 Å². The van der Waals surface area contributed by atoms with Gasteiger partial charge in [-0.25, -0.2) is 4.79 Å². The number of likely N-dealkylation sites (N-methyl/N-ethyl adjacent to an activating group) is 1. The van der Waals surface area contributed by atoms with Crippen LogP contribution in [0.1, 0.15) is 43.7 Å². The Kier molecular flexibility index (Phi) is 8.05. The number of hydrogen-bond donors (Lipinski definition) is 1. The molecule has 7 nitrogen and oxygen atoms in total. The number of alkyl carbamates (subject to hydrolysis) is 1. The number of nitrogens with one attached hydrogen (secondary N) is 1. The van der Waals surface area contributed by atoms with Gasteiger partial charge in [0.25, 0.3) is 0 Å². The van der Waals surface area contributed by atoms with Gasteiger partial charge in [-0.1, -0.05) is 49.0 Å². The van der Waals surface area contributed by atoms with Crippen molar-refractivity contribution in [3.05, 3.63) is 78.4 Å². The fraction of sp³-hybridized carbons (Fsp3) is 0.467. The molecule has 2 fully saturated rings. The van der Waals surface area contributed by atoms with E-state index in [0.29, 0.717) is 12.2 Å². The number of piperidine rings is 1. The predicted octanol–water partition coefficient (Wildman–Crippen LogP) is 4.75. The van der Waals surface area contributed by atoms with E-state index in [4.69, 9.17) is 14.2 Å². The van der Waals surface area contributed by atoms with Crippen molar-refractivity contribution in [1.82, 2.24) is 5.32 Å². The largest absolute Gasteiger partial charge is 0.445 e. The van der Waals surface area contributed by atoms with Gasteiger partial charge in [-0.3, -0.25) is 4.79 Å². The molecule has 1 aliphatic carbocycles. The van der Waals surface area contributed by atoms with Gasteiger partial charge < -0.3 is 24.0 Å². The fourth-order valence-electron chi connectivity index (χ4n) is 6.50. The molecule has 4 atom stereocenters. The lowest BCUT2D eigenvalue weighted by Gasteiger charge is -2.61. The highest BCUT2D eigenvalue weighted by molar-refractivity contribution is 5.69. The average Bonchev–Trinajstić information content (AvgIpc) is 2.88. The normalized spacial score (nSPS) is 29.0. The summed E-state index contributed by atoms with van der Waals surface area (Å²) >= 11 is 0. The van der Waals surface area contributed by atoms with E-state index in [9.17, 15) is 9.59 Å². The van der Waals surface area contributed by atoms with Crippen LogP contribution in [0.25, 0.3) is 0 Å². The first-order valence-electron chi connectivity index (χ1n) is 13.0. The molecule has 0 radical (unpaired) electrons. The third kappa shape index (κ3) is 5.73. The molecule has 0 aromatic heterocycles. The van der Waals surface area contributed by atoms with Gasteiger partial charge in [-0.15, -0.1) is 0 Å². The highest BCUT2D eigenvalue weighted by Crippen LogP contribution is 2.54. The van der Waals surface area contributed by atoms with Crippen LogP contribution in [0.5, 0.6) is 5.75 Å². The third-order valence-corrected chi connectivity index (χ3v) is 8.22. The fourth-order valence-corrected chi connectivity index (χ4v) is 6.50. The second kappa shape index (κ2) is 11.1. The summed E-state index contributed by atoms with van der Waals surface area (Å²) in [5.41, 5.74) is 1.21. The molecule has 1 saturated carbocycles. The molecule has 2 aliphatic rings. The van der Waals surface area contributed by atoms with E-state index >= 15 is 0 Å². The van der Waals surface area contributed by atoms with Crippen molar-refractivity contribution in [1.29, 1.82) is 0 Å². The number of quaternary nitrogens is 1. The van der Waals surface area contributed by atoms with Crippen LogP contribution < -0.4 is 10.1 Å². The molecule has 198 valence electrons. The predicted molar refractivity (Wildman–Crippen MR) is 142 cm³/mol. The van der Waals surface area contributed by atoms with Crippen LogP contribution in [0, 0.1) is 0 Å². The van der Waals surface area contributed by atoms with Gasteiger partial charge in [-0.05, 0) is 48.6 Å². The number of amides is 1. The Hall–Kier alpha value is -3.16. The summed E-state index contributed by atoms with van der Waals surface area (Å²) in [5, 5.41) is 3.13. The lowest BCUT2D eigenvalue weighted by molar-refractivity contribution is -0.918. The Morgan fingerprint density at radius 2 is 1.95 bits per heavy atom. The summed E-state index contributed by atoms with van der Waals surface area (Å²) in [7, 11) is 4.06. The van der Waals surface area contributed by atoms with Crippen LogP contribution in [-0.2, 0) is 26.3 Å². The van der Waals surface area contributed by atoms with Crippen molar-refractivity contribution in [3.8, 4) is 5.75 Å². The molecule has 0 spiro atoms. The lowest BCUT2D eigenvalue weighted by atomic mass is 9.54. The van der Waals surface area contributed by atoms with Gasteiger partial charge in [0, 0.05) is 31.9 Å². The summed E-state index contributed by atoms with van der Waals surface area (Å²) in [5.74, 6) is 0.173. The van der Waals surface area contributed by atoms with Crippen LogP contribution in [0.15, 0.2) is 67.3 Å². The van der Waals surface area contributed by atoms with Crippen LogP contribution >= 0.6 is 0 Å². The first-order valence-corrected chi connectivity index (χ1v) is 13.0. The maximum atomic E-state index is 12.8. The molecule has 1 heterocycles. The van der Waals surface area contributed by atoms with Crippen LogP contribution in [0.4, 0.5) is 4.79 Å². The number of likely N-dealkylation sites (tertiary alicyclic amines) is 1. The Labute approximate surface area is 220 Å². The van der Waals surface area contributed by atoms with Crippen LogP contribution in [0.3, 0.4) is 0 Å². The molecule has 2 aromatic carbocycles. The maximum Gasteiger partial charge on any atom is 0.407 e. The Bertz CT molecular complexity index is 1120. The zero-order valence-corrected chi connectivity index (χ0v) is 22.2. The van der Waals surface area contributed by atoms with Gasteiger partial charge in [-0.2, -0.15) is 0 Å². The molecule has 1 amide bonds. The monoisotopic (exact) mass is 507 g/mol. The molecule has 1 aliphatic heterocycles. The van der Waals surface area contributed by atoms with E-state index in [-0.39, 0.29) is 24.0 Å². The van der Waals surface area contributed by atoms with Crippen molar-refractivity contribution < 1.29 is 28.3 Å². The SMILES string of the molecule is C=CC[N@@+]1(C)CC[C@@]2(c3cccc(OC(C)=O)c3)C[C@H](NC(=O)OCc3ccccc3)CCC2(OC)C1. The molecule has 1 saturated heterocycles. The number of rotatable bonds is 8. The van der Waals surface area contributed by atoms with E-state index in [1.165, 1.54) is 6.92 Å². The van der Waals surface area contributed by atoms with Crippen LogP contribution in [-0.4, -0.2) is 62.0 Å². The summed E-state index contributed by atoms with van der Waals surface area (Å²) < 4.78 is 18.3. The van der Waals surface area contributed by atoms with Crippen molar-refractivity contribution in [2.24, 2.45) is 0 Å². The number of hydrogen-bond acceptors (Lipinski definition) is 5. The molecule has 7 heteroatoms. The Balaban J connectivity index is 1.61. The third-order valence-electron chi connectivity index (χ3n) is 8.22. The van der Waals surface area contributed by atoms with E-state index in [1.807, 2.05) is 48.5 Å². The van der Waals surface area contributed by atoms with Gasteiger partial charge in [0.1, 0.15) is 24.5 Å². The molecular formula is C30H39N2O5+. The highest BCUT2D eigenvalue weighted by atomic mass is 16.5. The number of ether oxygens (including phenoxy) is 3. The summed E-state index contributed by atoms with van der Waals surface area (Å²) in [6, 6.07) is 17.4. The lowest BCUT2D eigenvalue weighted by Crippen LogP contribution is -2.72. The number of esters is 1. The first kappa shape index (κ1) is 26.9. The number of methoxy groups -OCH3 is 1. The van der Waals surface area contributed by atoms with Gasteiger partial charge >= 0.3 is 12.1 Å². The van der Waals surface area contributed by atoms with Crippen molar-refractivity contribution >= 4 is 12.1 Å². The molecule has 0 bridgehead atoms. The molecule has 37 heavy (non-hydrogen) atoms. The quantitative estimate of drug-likeness (QED) is 0.242. The van der Waals surface area contributed by atoms with Crippen molar-refractivity contribution in [2.75, 3.05) is 33.8 Å². The number of fused-ring (bicyclic) bond motifs is 1. The van der Waals surface area contributed by atoms with Gasteiger partial charge in [0.2, 0.25) is 0 Å². The zero-order chi connectivity index (χ0) is 26.5. The minimum atomic E-state index is -0.440. The summed E-state index contributed by atoms with van der Waals surface area (Å²) in [4.78, 5) is 24.4. The highest BCUT2D eigenvalue weighted by Gasteiger charge is 2.62. The number of carbonyl (C=O) groups excluding carboxylic acids is 2. The minimum Gasteiger partial charge on any atom is -0.445 e. The first-order chi connectivity index (χ1) is 17.7. The number of nitrogens with zero attached hydrogens (tertiary/aromatic N) is 1.